The maximum Gasteiger partial charge on any atom is 0.325 e. The molecule has 2 aromatic rings. The van der Waals surface area contributed by atoms with Gasteiger partial charge in [-0.3, -0.25) is 14.5 Å². The molecule has 8 nitrogen and oxygen atoms in total. The van der Waals surface area contributed by atoms with Gasteiger partial charge >= 0.3 is 6.03 Å². The number of para-hydroxylation sites is 1. The zero-order chi connectivity index (χ0) is 20.2. The summed E-state index contributed by atoms with van der Waals surface area (Å²) >= 11 is 0. The van der Waals surface area contributed by atoms with Crippen molar-refractivity contribution in [3.63, 3.8) is 0 Å². The molecule has 3 aliphatic heterocycles. The number of nitrogens with one attached hydrogen (secondary N) is 1. The van der Waals surface area contributed by atoms with Crippen LogP contribution in [0.2, 0.25) is 0 Å². The lowest BCUT2D eigenvalue weighted by Gasteiger charge is -2.23. The molecule has 0 spiro atoms. The molecule has 1 saturated heterocycles. The van der Waals surface area contributed by atoms with Gasteiger partial charge in [0.05, 0.1) is 0 Å². The first-order valence-electron chi connectivity index (χ1n) is 9.40. The van der Waals surface area contributed by atoms with Crippen molar-refractivity contribution in [2.75, 3.05) is 24.8 Å². The van der Waals surface area contributed by atoms with E-state index in [1.165, 1.54) is 0 Å². The zero-order valence-electron chi connectivity index (χ0n) is 15.8. The number of amides is 4. The zero-order valence-corrected chi connectivity index (χ0v) is 15.8. The molecule has 0 bridgehead atoms. The highest BCUT2D eigenvalue weighted by atomic mass is 16.7. The number of ether oxygens (including phenoxy) is 2. The van der Waals surface area contributed by atoms with Crippen molar-refractivity contribution in [2.24, 2.45) is 0 Å². The summed E-state index contributed by atoms with van der Waals surface area (Å²) in [7, 11) is 0. The second kappa shape index (κ2) is 6.23. The van der Waals surface area contributed by atoms with Gasteiger partial charge in [0.15, 0.2) is 11.5 Å². The summed E-state index contributed by atoms with van der Waals surface area (Å²) in [6.45, 7) is 1.98. The molecule has 1 fully saturated rings. The van der Waals surface area contributed by atoms with Crippen molar-refractivity contribution in [3.8, 4) is 11.5 Å². The normalized spacial score (nSPS) is 22.1. The molecule has 4 amide bonds. The Balaban J connectivity index is 1.38. The highest BCUT2D eigenvalue weighted by molar-refractivity contribution is 6.10. The highest BCUT2D eigenvalue weighted by Crippen LogP contribution is 2.38. The Morgan fingerprint density at radius 2 is 1.93 bits per heavy atom. The Kier molecular flexibility index (Phi) is 3.77. The molecule has 0 aromatic heterocycles. The quantitative estimate of drug-likeness (QED) is 0.803. The molecule has 0 aliphatic carbocycles. The van der Waals surface area contributed by atoms with Gasteiger partial charge in [0.1, 0.15) is 12.1 Å². The topological polar surface area (TPSA) is 88.2 Å². The van der Waals surface area contributed by atoms with Crippen LogP contribution < -0.4 is 19.7 Å². The van der Waals surface area contributed by atoms with E-state index in [9.17, 15) is 14.4 Å². The summed E-state index contributed by atoms with van der Waals surface area (Å²) in [4.78, 5) is 41.2. The van der Waals surface area contributed by atoms with E-state index < -0.39 is 17.5 Å². The predicted molar refractivity (Wildman–Crippen MR) is 103 cm³/mol. The summed E-state index contributed by atoms with van der Waals surface area (Å²) in [5, 5.41) is 2.72. The summed E-state index contributed by atoms with van der Waals surface area (Å²) in [5.41, 5.74) is 1.22. The van der Waals surface area contributed by atoms with Gasteiger partial charge < -0.3 is 19.7 Å². The number of nitrogens with zero attached hydrogens (tertiary/aromatic N) is 2. The molecular weight excluding hydrogens is 374 g/mol. The van der Waals surface area contributed by atoms with Crippen LogP contribution in [0.5, 0.6) is 11.5 Å². The number of rotatable bonds is 3. The SMILES string of the molecule is CC1(c2ccc3c(c2)OCO3)NC(=O)N(CC(=O)N2CCc3ccccc32)C1=O. The van der Waals surface area contributed by atoms with Crippen molar-refractivity contribution >= 4 is 23.5 Å². The fraction of sp³-hybridized carbons (Fsp3) is 0.286. The van der Waals surface area contributed by atoms with E-state index in [-0.39, 0.29) is 19.2 Å². The van der Waals surface area contributed by atoms with Gasteiger partial charge in [-0.05, 0) is 42.7 Å². The van der Waals surface area contributed by atoms with Crippen molar-refractivity contribution < 1.29 is 23.9 Å². The maximum absolute atomic E-state index is 13.1. The number of carbonyl (C=O) groups excluding carboxylic acids is 3. The smallest absolute Gasteiger partial charge is 0.325 e. The molecule has 0 radical (unpaired) electrons. The van der Waals surface area contributed by atoms with Crippen LogP contribution >= 0.6 is 0 Å². The fourth-order valence-electron chi connectivity index (χ4n) is 4.06. The molecule has 5 rings (SSSR count). The molecule has 2 aromatic carbocycles. The van der Waals surface area contributed by atoms with Gasteiger partial charge in [-0.2, -0.15) is 0 Å². The number of benzene rings is 2. The van der Waals surface area contributed by atoms with Crippen LogP contribution in [-0.4, -0.2) is 42.6 Å². The minimum Gasteiger partial charge on any atom is -0.454 e. The van der Waals surface area contributed by atoms with Gasteiger partial charge in [0, 0.05) is 12.2 Å². The third kappa shape index (κ3) is 2.63. The van der Waals surface area contributed by atoms with E-state index in [0.717, 1.165) is 22.6 Å². The van der Waals surface area contributed by atoms with Gasteiger partial charge in [0.25, 0.3) is 5.91 Å². The second-order valence-electron chi connectivity index (χ2n) is 7.44. The van der Waals surface area contributed by atoms with E-state index >= 15 is 0 Å². The van der Waals surface area contributed by atoms with Crippen molar-refractivity contribution in [2.45, 2.75) is 18.9 Å². The largest absolute Gasteiger partial charge is 0.454 e. The van der Waals surface area contributed by atoms with Crippen molar-refractivity contribution in [1.82, 2.24) is 10.2 Å². The van der Waals surface area contributed by atoms with Gasteiger partial charge in [-0.25, -0.2) is 4.79 Å². The number of hydrogen-bond acceptors (Lipinski definition) is 5. The molecule has 3 heterocycles. The summed E-state index contributed by atoms with van der Waals surface area (Å²) < 4.78 is 10.7. The molecule has 1 unspecified atom stereocenters. The molecule has 3 aliphatic rings. The monoisotopic (exact) mass is 393 g/mol. The van der Waals surface area contributed by atoms with Crippen LogP contribution in [0.3, 0.4) is 0 Å². The molecule has 148 valence electrons. The molecule has 29 heavy (non-hydrogen) atoms. The van der Waals surface area contributed by atoms with E-state index in [4.69, 9.17) is 9.47 Å². The highest BCUT2D eigenvalue weighted by Gasteiger charge is 2.50. The van der Waals surface area contributed by atoms with Crippen LogP contribution in [0, 0.1) is 0 Å². The van der Waals surface area contributed by atoms with Gasteiger partial charge in [-0.1, -0.05) is 24.3 Å². The number of imide groups is 1. The van der Waals surface area contributed by atoms with E-state index in [2.05, 4.69) is 5.32 Å². The first kappa shape index (κ1) is 17.5. The Morgan fingerprint density at radius 1 is 1.14 bits per heavy atom. The van der Waals surface area contributed by atoms with Gasteiger partial charge in [-0.15, -0.1) is 0 Å². The Labute approximate surface area is 167 Å². The number of urea groups is 1. The molecule has 1 atom stereocenters. The maximum atomic E-state index is 13.1. The minimum absolute atomic E-state index is 0.119. The predicted octanol–water partition coefficient (Wildman–Crippen LogP) is 1.77. The van der Waals surface area contributed by atoms with E-state index in [1.807, 2.05) is 24.3 Å². The average molecular weight is 393 g/mol. The van der Waals surface area contributed by atoms with Crippen LogP contribution in [0.4, 0.5) is 10.5 Å². The van der Waals surface area contributed by atoms with Crippen LogP contribution in [-0.2, 0) is 21.5 Å². The third-order valence-corrected chi connectivity index (χ3v) is 5.71. The first-order chi connectivity index (χ1) is 14.0. The number of hydrogen-bond donors (Lipinski definition) is 1. The lowest BCUT2D eigenvalue weighted by Crippen LogP contribution is -2.44. The van der Waals surface area contributed by atoms with Crippen LogP contribution in [0.15, 0.2) is 42.5 Å². The Morgan fingerprint density at radius 3 is 2.79 bits per heavy atom. The standard InChI is InChI=1S/C21H19N3O5/c1-21(14-6-7-16-17(10-14)29-12-28-16)19(26)24(20(27)22-21)11-18(25)23-9-8-13-4-2-3-5-15(13)23/h2-7,10H,8-9,11-12H2,1H3,(H,22,27). The average Bonchev–Trinajstić information content (AvgIpc) is 3.41. The summed E-state index contributed by atoms with van der Waals surface area (Å²) in [6, 6.07) is 12.2. The summed E-state index contributed by atoms with van der Waals surface area (Å²) in [6.07, 6.45) is 0.761. The number of anilines is 1. The molecule has 8 heteroatoms. The van der Waals surface area contributed by atoms with Crippen LogP contribution in [0.25, 0.3) is 0 Å². The fourth-order valence-corrected chi connectivity index (χ4v) is 4.06. The Hall–Kier alpha value is -3.55. The lowest BCUT2D eigenvalue weighted by atomic mass is 9.91. The van der Waals surface area contributed by atoms with Crippen LogP contribution in [0.1, 0.15) is 18.1 Å². The summed E-state index contributed by atoms with van der Waals surface area (Å²) in [5.74, 6) is 0.360. The second-order valence-corrected chi connectivity index (χ2v) is 7.44. The minimum atomic E-state index is -1.28. The van der Waals surface area contributed by atoms with Crippen molar-refractivity contribution in [1.29, 1.82) is 0 Å². The van der Waals surface area contributed by atoms with E-state index in [1.54, 1.807) is 30.0 Å². The number of fused-ring (bicyclic) bond motifs is 2. The molecule has 1 N–H and O–H groups in total. The van der Waals surface area contributed by atoms with Crippen molar-refractivity contribution in [3.05, 3.63) is 53.6 Å². The van der Waals surface area contributed by atoms with Gasteiger partial charge in [0.2, 0.25) is 12.7 Å². The first-order valence-corrected chi connectivity index (χ1v) is 9.40. The number of carbonyl (C=O) groups is 3. The lowest BCUT2D eigenvalue weighted by molar-refractivity contribution is -0.134. The molecule has 0 saturated carbocycles. The Bertz CT molecular complexity index is 1050. The molecular formula is C21H19N3O5. The third-order valence-electron chi connectivity index (χ3n) is 5.71. The van der Waals surface area contributed by atoms with E-state index in [0.29, 0.717) is 23.6 Å².